The highest BCUT2D eigenvalue weighted by Gasteiger charge is 2.22. The molecular formula is C11H15NO3S. The van der Waals surface area contributed by atoms with Gasteiger partial charge in [-0.15, -0.1) is 11.3 Å². The molecule has 0 saturated carbocycles. The lowest BCUT2D eigenvalue weighted by molar-refractivity contribution is -0.142. The molecule has 2 N–H and O–H groups in total. The summed E-state index contributed by atoms with van der Waals surface area (Å²) in [5.41, 5.74) is 0. The van der Waals surface area contributed by atoms with Crippen molar-refractivity contribution < 1.29 is 14.7 Å². The van der Waals surface area contributed by atoms with Crippen LogP contribution < -0.4 is 5.32 Å². The molecule has 1 rings (SSSR count). The van der Waals surface area contributed by atoms with E-state index in [4.69, 9.17) is 5.11 Å². The second-order valence-electron chi connectivity index (χ2n) is 3.95. The van der Waals surface area contributed by atoms with Crippen molar-refractivity contribution in [2.24, 2.45) is 5.92 Å². The number of amides is 1. The Balaban J connectivity index is 2.67. The number of aliphatic carboxylic acids is 1. The molecule has 0 aliphatic carbocycles. The van der Waals surface area contributed by atoms with E-state index in [0.29, 0.717) is 11.3 Å². The van der Waals surface area contributed by atoms with E-state index in [1.165, 1.54) is 11.3 Å². The minimum Gasteiger partial charge on any atom is -0.479 e. The highest BCUT2D eigenvalue weighted by Crippen LogP contribution is 2.19. The number of thiophene rings is 1. The molecule has 1 aromatic heterocycles. The summed E-state index contributed by atoms with van der Waals surface area (Å²) in [5, 5.41) is 13.3. The Kier molecular flexibility index (Phi) is 4.49. The molecule has 0 bridgehead atoms. The first-order valence-electron chi connectivity index (χ1n) is 5.06. The van der Waals surface area contributed by atoms with Gasteiger partial charge in [0.25, 0.3) is 0 Å². The van der Waals surface area contributed by atoms with E-state index in [2.05, 4.69) is 5.32 Å². The minimum absolute atomic E-state index is 0.220. The Bertz CT molecular complexity index is 359. The van der Waals surface area contributed by atoms with Crippen molar-refractivity contribution >= 4 is 23.2 Å². The molecule has 1 aromatic rings. The van der Waals surface area contributed by atoms with E-state index < -0.39 is 12.0 Å². The number of rotatable bonds is 5. The number of carbonyl (C=O) groups is 2. The number of carboxylic acids is 1. The summed E-state index contributed by atoms with van der Waals surface area (Å²) in [4.78, 5) is 23.1. The predicted octanol–water partition coefficient (Wildman–Crippen LogP) is 2.04. The number of hydrogen-bond acceptors (Lipinski definition) is 3. The summed E-state index contributed by atoms with van der Waals surface area (Å²) in [6.45, 7) is 3.83. The molecule has 0 fully saturated rings. The standard InChI is InChI=1S/C11H15NO3S/c1-7(2)6-9(13)12-10(11(14)15)8-4-3-5-16-8/h3-5,7,10H,6H2,1-2H3,(H,12,13)(H,14,15). The first-order chi connectivity index (χ1) is 7.50. The third-order valence-electron chi connectivity index (χ3n) is 1.97. The van der Waals surface area contributed by atoms with Gasteiger partial charge in [0.05, 0.1) is 0 Å². The fourth-order valence-corrected chi connectivity index (χ4v) is 2.07. The molecule has 0 aromatic carbocycles. The zero-order chi connectivity index (χ0) is 12.1. The second kappa shape index (κ2) is 5.65. The van der Waals surface area contributed by atoms with Gasteiger partial charge in [0.1, 0.15) is 0 Å². The van der Waals surface area contributed by atoms with Gasteiger partial charge in [0, 0.05) is 11.3 Å². The lowest BCUT2D eigenvalue weighted by Gasteiger charge is -2.13. The van der Waals surface area contributed by atoms with Crippen LogP contribution in [0.4, 0.5) is 0 Å². The third kappa shape index (κ3) is 3.66. The smallest absolute Gasteiger partial charge is 0.331 e. The average Bonchev–Trinajstić information content (AvgIpc) is 2.64. The zero-order valence-corrected chi connectivity index (χ0v) is 10.1. The van der Waals surface area contributed by atoms with Crippen LogP contribution in [-0.4, -0.2) is 17.0 Å². The van der Waals surface area contributed by atoms with E-state index in [0.717, 1.165) is 0 Å². The van der Waals surface area contributed by atoms with Gasteiger partial charge in [-0.25, -0.2) is 4.79 Å². The molecule has 4 nitrogen and oxygen atoms in total. The summed E-state index contributed by atoms with van der Waals surface area (Å²) in [6, 6.07) is 2.55. The second-order valence-corrected chi connectivity index (χ2v) is 4.93. The van der Waals surface area contributed by atoms with E-state index in [1.54, 1.807) is 17.5 Å². The van der Waals surface area contributed by atoms with E-state index in [-0.39, 0.29) is 11.8 Å². The third-order valence-corrected chi connectivity index (χ3v) is 2.91. The molecule has 88 valence electrons. The van der Waals surface area contributed by atoms with Crippen LogP contribution in [0.1, 0.15) is 31.2 Å². The number of carboxylic acid groups (broad SMARTS) is 1. The first-order valence-corrected chi connectivity index (χ1v) is 5.94. The summed E-state index contributed by atoms with van der Waals surface area (Å²) >= 11 is 1.32. The van der Waals surface area contributed by atoms with Crippen LogP contribution in [-0.2, 0) is 9.59 Å². The molecule has 0 spiro atoms. The summed E-state index contributed by atoms with van der Waals surface area (Å²) < 4.78 is 0. The van der Waals surface area contributed by atoms with Crippen LogP contribution in [0.5, 0.6) is 0 Å². The Morgan fingerprint density at radius 1 is 1.50 bits per heavy atom. The van der Waals surface area contributed by atoms with Crippen LogP contribution >= 0.6 is 11.3 Å². The highest BCUT2D eigenvalue weighted by atomic mass is 32.1. The Morgan fingerprint density at radius 2 is 2.19 bits per heavy atom. The maximum Gasteiger partial charge on any atom is 0.331 e. The van der Waals surface area contributed by atoms with Crippen LogP contribution in [0, 0.1) is 5.92 Å². The maximum atomic E-state index is 11.5. The van der Waals surface area contributed by atoms with Gasteiger partial charge in [-0.05, 0) is 17.4 Å². The molecule has 16 heavy (non-hydrogen) atoms. The highest BCUT2D eigenvalue weighted by molar-refractivity contribution is 7.10. The number of hydrogen-bond donors (Lipinski definition) is 2. The van der Waals surface area contributed by atoms with Crippen LogP contribution in [0.15, 0.2) is 17.5 Å². The molecule has 1 heterocycles. The summed E-state index contributed by atoms with van der Waals surface area (Å²) in [6.07, 6.45) is 0.342. The molecule has 1 atom stereocenters. The number of nitrogens with one attached hydrogen (secondary N) is 1. The van der Waals surface area contributed by atoms with Crippen molar-refractivity contribution in [1.29, 1.82) is 0 Å². The SMILES string of the molecule is CC(C)CC(=O)NC(C(=O)O)c1cccs1. The largest absolute Gasteiger partial charge is 0.479 e. The van der Waals surface area contributed by atoms with E-state index >= 15 is 0 Å². The molecule has 0 saturated heterocycles. The van der Waals surface area contributed by atoms with Gasteiger partial charge in [-0.1, -0.05) is 19.9 Å². The average molecular weight is 241 g/mol. The van der Waals surface area contributed by atoms with Crippen molar-refractivity contribution in [3.05, 3.63) is 22.4 Å². The maximum absolute atomic E-state index is 11.5. The molecule has 1 amide bonds. The molecule has 1 unspecified atom stereocenters. The van der Waals surface area contributed by atoms with Gasteiger partial charge in [-0.2, -0.15) is 0 Å². The number of carbonyl (C=O) groups excluding carboxylic acids is 1. The van der Waals surface area contributed by atoms with Gasteiger partial charge >= 0.3 is 5.97 Å². The quantitative estimate of drug-likeness (QED) is 0.829. The van der Waals surface area contributed by atoms with Crippen LogP contribution in [0.25, 0.3) is 0 Å². The molecular weight excluding hydrogens is 226 g/mol. The van der Waals surface area contributed by atoms with Crippen LogP contribution in [0.2, 0.25) is 0 Å². The van der Waals surface area contributed by atoms with Crippen molar-refractivity contribution in [1.82, 2.24) is 5.32 Å². The summed E-state index contributed by atoms with van der Waals surface area (Å²) in [7, 11) is 0. The van der Waals surface area contributed by atoms with Crippen LogP contribution in [0.3, 0.4) is 0 Å². The van der Waals surface area contributed by atoms with Gasteiger partial charge in [0.2, 0.25) is 5.91 Å². The molecule has 0 radical (unpaired) electrons. The fraction of sp³-hybridized carbons (Fsp3) is 0.455. The topological polar surface area (TPSA) is 66.4 Å². The van der Waals surface area contributed by atoms with Crippen molar-refractivity contribution in [3.8, 4) is 0 Å². The molecule has 0 aliphatic rings. The van der Waals surface area contributed by atoms with Gasteiger partial charge in [0.15, 0.2) is 6.04 Å². The van der Waals surface area contributed by atoms with Crippen molar-refractivity contribution in [2.45, 2.75) is 26.3 Å². The van der Waals surface area contributed by atoms with E-state index in [9.17, 15) is 9.59 Å². The van der Waals surface area contributed by atoms with E-state index in [1.807, 2.05) is 13.8 Å². The fourth-order valence-electron chi connectivity index (χ4n) is 1.30. The van der Waals surface area contributed by atoms with Crippen molar-refractivity contribution in [3.63, 3.8) is 0 Å². The minimum atomic E-state index is -1.03. The Labute approximate surface area is 98.3 Å². The molecule has 5 heteroatoms. The first kappa shape index (κ1) is 12.7. The Morgan fingerprint density at radius 3 is 2.62 bits per heavy atom. The Hall–Kier alpha value is -1.36. The lowest BCUT2D eigenvalue weighted by atomic mass is 10.1. The lowest BCUT2D eigenvalue weighted by Crippen LogP contribution is -2.33. The van der Waals surface area contributed by atoms with Crippen molar-refractivity contribution in [2.75, 3.05) is 0 Å². The summed E-state index contributed by atoms with van der Waals surface area (Å²) in [5.74, 6) is -1.03. The zero-order valence-electron chi connectivity index (χ0n) is 9.27. The monoisotopic (exact) mass is 241 g/mol. The normalized spacial score (nSPS) is 12.4. The predicted molar refractivity (Wildman–Crippen MR) is 62.3 cm³/mol. The molecule has 0 aliphatic heterocycles. The van der Waals surface area contributed by atoms with Gasteiger partial charge in [-0.3, -0.25) is 4.79 Å². The van der Waals surface area contributed by atoms with Gasteiger partial charge < -0.3 is 10.4 Å².